The molecule has 0 saturated carbocycles. The van der Waals surface area contributed by atoms with E-state index in [2.05, 4.69) is 27.3 Å². The fourth-order valence-corrected chi connectivity index (χ4v) is 5.63. The summed E-state index contributed by atoms with van der Waals surface area (Å²) in [6.07, 6.45) is -0.936. The quantitative estimate of drug-likeness (QED) is 0.313. The number of morpholine rings is 1. The van der Waals surface area contributed by atoms with Gasteiger partial charge in [-0.15, -0.1) is 0 Å². The van der Waals surface area contributed by atoms with Crippen LogP contribution >= 0.6 is 12.2 Å². The van der Waals surface area contributed by atoms with Crippen LogP contribution in [-0.4, -0.2) is 41.0 Å². The molecule has 4 heterocycles. The van der Waals surface area contributed by atoms with E-state index in [4.69, 9.17) is 17.0 Å². The number of nitrogens with zero attached hydrogens (tertiary/aromatic N) is 4. The molecular formula is C29H26F3N5OS. The van der Waals surface area contributed by atoms with Crippen molar-refractivity contribution in [3.63, 3.8) is 0 Å². The van der Waals surface area contributed by atoms with Gasteiger partial charge in [-0.05, 0) is 78.9 Å². The molecule has 2 aliphatic heterocycles. The fourth-order valence-electron chi connectivity index (χ4n) is 5.28. The van der Waals surface area contributed by atoms with Crippen LogP contribution in [0.4, 0.5) is 24.5 Å². The minimum Gasteiger partial charge on any atom is -0.378 e. The molecule has 2 saturated heterocycles. The Kier molecular flexibility index (Phi) is 6.74. The van der Waals surface area contributed by atoms with Crippen LogP contribution in [0.5, 0.6) is 0 Å². The maximum absolute atomic E-state index is 13.5. The van der Waals surface area contributed by atoms with Gasteiger partial charge in [0.15, 0.2) is 5.11 Å². The van der Waals surface area contributed by atoms with Crippen molar-refractivity contribution < 1.29 is 17.9 Å². The van der Waals surface area contributed by atoms with Gasteiger partial charge in [-0.1, -0.05) is 12.1 Å². The number of hydrogen-bond donors (Lipinski definition) is 1. The van der Waals surface area contributed by atoms with E-state index >= 15 is 0 Å². The molecule has 6 nitrogen and oxygen atoms in total. The summed E-state index contributed by atoms with van der Waals surface area (Å²) >= 11 is 5.84. The number of alkyl halides is 3. The van der Waals surface area contributed by atoms with Gasteiger partial charge in [-0.25, -0.2) is 0 Å². The van der Waals surface area contributed by atoms with Gasteiger partial charge in [0.1, 0.15) is 6.04 Å². The summed E-state index contributed by atoms with van der Waals surface area (Å²) < 4.78 is 47.9. The van der Waals surface area contributed by atoms with Gasteiger partial charge in [0.25, 0.3) is 0 Å². The maximum atomic E-state index is 13.5. The van der Waals surface area contributed by atoms with Crippen LogP contribution in [0.3, 0.4) is 0 Å². The molecule has 0 radical (unpaired) electrons. The number of rotatable bonds is 5. The highest BCUT2D eigenvalue weighted by Crippen LogP contribution is 2.43. The predicted octanol–water partition coefficient (Wildman–Crippen LogP) is 5.90. The first-order valence-electron chi connectivity index (χ1n) is 12.7. The number of halogens is 3. The predicted molar refractivity (Wildman–Crippen MR) is 148 cm³/mol. The monoisotopic (exact) mass is 549 g/mol. The van der Waals surface area contributed by atoms with Crippen LogP contribution in [0.1, 0.15) is 29.0 Å². The van der Waals surface area contributed by atoms with E-state index < -0.39 is 11.7 Å². The van der Waals surface area contributed by atoms with Gasteiger partial charge < -0.3 is 24.4 Å². The van der Waals surface area contributed by atoms with E-state index in [1.165, 1.54) is 12.1 Å². The molecule has 2 fully saturated rings. The molecule has 0 amide bonds. The summed E-state index contributed by atoms with van der Waals surface area (Å²) in [5.74, 6) is 0. The zero-order chi connectivity index (χ0) is 27.0. The summed E-state index contributed by atoms with van der Waals surface area (Å²) in [6, 6.07) is 22.3. The van der Waals surface area contributed by atoms with E-state index in [1.807, 2.05) is 47.4 Å². The molecule has 0 bridgehead atoms. The molecule has 2 atom stereocenters. The van der Waals surface area contributed by atoms with Crippen molar-refractivity contribution in [3.05, 3.63) is 108 Å². The van der Waals surface area contributed by atoms with E-state index in [0.29, 0.717) is 24.0 Å². The fraction of sp³-hybridized carbons (Fsp3) is 0.241. The van der Waals surface area contributed by atoms with E-state index in [-0.39, 0.29) is 12.1 Å². The lowest BCUT2D eigenvalue weighted by molar-refractivity contribution is -0.137. The average molecular weight is 550 g/mol. The van der Waals surface area contributed by atoms with Crippen LogP contribution < -0.4 is 15.1 Å². The van der Waals surface area contributed by atoms with E-state index in [9.17, 15) is 13.2 Å². The topological polar surface area (TPSA) is 45.6 Å². The van der Waals surface area contributed by atoms with Crippen molar-refractivity contribution in [3.8, 4) is 5.69 Å². The molecular weight excluding hydrogens is 523 g/mol. The lowest BCUT2D eigenvalue weighted by Gasteiger charge is -2.31. The lowest BCUT2D eigenvalue weighted by atomic mass is 10.0. The molecule has 2 aromatic carbocycles. The molecule has 10 heteroatoms. The Hall–Kier alpha value is -3.89. The van der Waals surface area contributed by atoms with Crippen LogP contribution in [0.2, 0.25) is 0 Å². The standard InChI is InChI=1S/C29H26F3N5OS/c30-29(31,32)20-5-3-6-23(19-20)36-14-4-8-25(36)27-26(24-7-1-2-13-33-24)34-28(39)37(27)22-11-9-21(10-12-22)35-15-17-38-18-16-35/h1-14,19,26-27H,15-18H2,(H,34,39)/t26-,27-/m1/s1. The molecule has 6 rings (SSSR count). The minimum absolute atomic E-state index is 0.322. The van der Waals surface area contributed by atoms with E-state index in [0.717, 1.165) is 41.9 Å². The summed E-state index contributed by atoms with van der Waals surface area (Å²) in [6.45, 7) is 3.06. The van der Waals surface area contributed by atoms with Crippen molar-refractivity contribution in [1.82, 2.24) is 14.9 Å². The molecule has 0 unspecified atom stereocenters. The van der Waals surface area contributed by atoms with Crippen molar-refractivity contribution in [2.75, 3.05) is 36.1 Å². The van der Waals surface area contributed by atoms with Crippen LogP contribution in [-0.2, 0) is 10.9 Å². The first kappa shape index (κ1) is 25.4. The van der Waals surface area contributed by atoms with Crippen LogP contribution in [0.15, 0.2) is 91.3 Å². The highest BCUT2D eigenvalue weighted by atomic mass is 32.1. The largest absolute Gasteiger partial charge is 0.416 e. The molecule has 1 N–H and O–H groups in total. The number of aromatic nitrogens is 2. The van der Waals surface area contributed by atoms with Gasteiger partial charge in [0.2, 0.25) is 0 Å². The average Bonchev–Trinajstić information content (AvgIpc) is 3.58. The van der Waals surface area contributed by atoms with Crippen LogP contribution in [0, 0.1) is 0 Å². The van der Waals surface area contributed by atoms with Gasteiger partial charge in [-0.3, -0.25) is 4.98 Å². The lowest BCUT2D eigenvalue weighted by Crippen LogP contribution is -2.36. The highest BCUT2D eigenvalue weighted by molar-refractivity contribution is 7.80. The first-order chi connectivity index (χ1) is 18.9. The minimum atomic E-state index is -4.44. The number of thiocarbonyl (C=S) groups is 1. The first-order valence-corrected chi connectivity index (χ1v) is 13.1. The Balaban J connectivity index is 1.42. The van der Waals surface area contributed by atoms with Gasteiger partial charge in [0.05, 0.1) is 30.5 Å². The smallest absolute Gasteiger partial charge is 0.378 e. The molecule has 4 aromatic rings. The third-order valence-electron chi connectivity index (χ3n) is 7.14. The Morgan fingerprint density at radius 2 is 1.64 bits per heavy atom. The van der Waals surface area contributed by atoms with Crippen molar-refractivity contribution in [1.29, 1.82) is 0 Å². The summed E-state index contributed by atoms with van der Waals surface area (Å²) in [7, 11) is 0. The molecule has 2 aliphatic rings. The highest BCUT2D eigenvalue weighted by Gasteiger charge is 2.42. The number of pyridine rings is 1. The van der Waals surface area contributed by atoms with E-state index in [1.54, 1.807) is 23.0 Å². The number of nitrogens with one attached hydrogen (secondary N) is 1. The number of anilines is 2. The zero-order valence-electron chi connectivity index (χ0n) is 20.9. The van der Waals surface area contributed by atoms with Crippen molar-refractivity contribution in [2.24, 2.45) is 0 Å². The second-order valence-corrected chi connectivity index (χ2v) is 9.85. The Morgan fingerprint density at radius 1 is 0.872 bits per heavy atom. The Labute approximate surface area is 229 Å². The Morgan fingerprint density at radius 3 is 2.36 bits per heavy atom. The van der Waals surface area contributed by atoms with Crippen molar-refractivity contribution >= 4 is 28.7 Å². The molecule has 0 spiro atoms. The summed E-state index contributed by atoms with van der Waals surface area (Å²) in [5.41, 5.74) is 3.28. The zero-order valence-corrected chi connectivity index (χ0v) is 21.7. The van der Waals surface area contributed by atoms with Gasteiger partial charge in [0, 0.05) is 48.2 Å². The molecule has 2 aromatic heterocycles. The van der Waals surface area contributed by atoms with Gasteiger partial charge >= 0.3 is 6.18 Å². The molecule has 0 aliphatic carbocycles. The molecule has 39 heavy (non-hydrogen) atoms. The summed E-state index contributed by atoms with van der Waals surface area (Å²) in [4.78, 5) is 8.89. The number of benzene rings is 2. The number of ether oxygens (including phenoxy) is 1. The number of hydrogen-bond acceptors (Lipinski definition) is 4. The Bertz CT molecular complexity index is 1450. The van der Waals surface area contributed by atoms with Crippen LogP contribution in [0.25, 0.3) is 5.69 Å². The SMILES string of the molecule is FC(F)(F)c1cccc(-n2cccc2[C@@H]2[C@@H](c3ccccn3)NC(=S)N2c2ccc(N3CCOCC3)cc2)c1. The molecule has 200 valence electrons. The second kappa shape index (κ2) is 10.3. The maximum Gasteiger partial charge on any atom is 0.416 e. The third-order valence-corrected chi connectivity index (χ3v) is 7.45. The second-order valence-electron chi connectivity index (χ2n) is 9.46. The summed E-state index contributed by atoms with van der Waals surface area (Å²) in [5, 5.41) is 3.94. The third kappa shape index (κ3) is 4.97. The van der Waals surface area contributed by atoms with Crippen molar-refractivity contribution in [2.45, 2.75) is 18.3 Å². The normalized spacial score (nSPS) is 19.8. The van der Waals surface area contributed by atoms with Gasteiger partial charge in [-0.2, -0.15) is 13.2 Å².